The largest absolute Gasteiger partial charge is 0.452 e. The zero-order valence-electron chi connectivity index (χ0n) is 13.0. The normalized spacial score (nSPS) is 11.6. The summed E-state index contributed by atoms with van der Waals surface area (Å²) in [6.45, 7) is 2.08. The van der Waals surface area contributed by atoms with Crippen LogP contribution in [0.15, 0.2) is 42.6 Å². The number of carbonyl (C=O) groups excluding carboxylic acids is 2. The van der Waals surface area contributed by atoms with Gasteiger partial charge in [0.05, 0.1) is 10.6 Å². The number of benzene rings is 1. The van der Waals surface area contributed by atoms with E-state index in [0.717, 1.165) is 5.56 Å². The summed E-state index contributed by atoms with van der Waals surface area (Å²) in [5.41, 5.74) is 1.26. The number of nitrogens with zero attached hydrogens (tertiary/aromatic N) is 1. The van der Waals surface area contributed by atoms with Crippen molar-refractivity contribution in [3.63, 3.8) is 0 Å². The number of hydrogen-bond donors (Lipinski definition) is 1. The average molecular weight is 367 g/mol. The van der Waals surface area contributed by atoms with Crippen molar-refractivity contribution < 1.29 is 14.3 Å². The third-order valence-corrected chi connectivity index (χ3v) is 4.03. The molecule has 1 heterocycles. The summed E-state index contributed by atoms with van der Waals surface area (Å²) in [6, 6.07) is 11.2. The molecule has 0 radical (unpaired) electrons. The monoisotopic (exact) mass is 366 g/mol. The fourth-order valence-electron chi connectivity index (χ4n) is 1.96. The highest BCUT2D eigenvalue weighted by atomic mass is 35.5. The van der Waals surface area contributed by atoms with E-state index in [0.29, 0.717) is 6.54 Å². The molecule has 0 aliphatic rings. The van der Waals surface area contributed by atoms with E-state index in [1.54, 1.807) is 0 Å². The molecule has 24 heavy (non-hydrogen) atoms. The van der Waals surface area contributed by atoms with E-state index < -0.39 is 5.97 Å². The van der Waals surface area contributed by atoms with Crippen molar-refractivity contribution in [2.45, 2.75) is 12.8 Å². The van der Waals surface area contributed by atoms with Crippen molar-refractivity contribution in [2.24, 2.45) is 0 Å². The number of pyridine rings is 1. The van der Waals surface area contributed by atoms with Gasteiger partial charge in [0.2, 0.25) is 0 Å². The highest BCUT2D eigenvalue weighted by Gasteiger charge is 2.13. The van der Waals surface area contributed by atoms with Gasteiger partial charge in [0.25, 0.3) is 5.91 Å². The lowest BCUT2D eigenvalue weighted by Gasteiger charge is -2.13. The highest BCUT2D eigenvalue weighted by Crippen LogP contribution is 2.20. The lowest BCUT2D eigenvalue weighted by molar-refractivity contribution is -0.124. The molecule has 5 nitrogen and oxygen atoms in total. The molecule has 1 aromatic heterocycles. The first-order valence-electron chi connectivity index (χ1n) is 7.27. The van der Waals surface area contributed by atoms with E-state index in [1.165, 1.54) is 12.3 Å². The summed E-state index contributed by atoms with van der Waals surface area (Å²) < 4.78 is 4.93. The second kappa shape index (κ2) is 8.66. The quantitative estimate of drug-likeness (QED) is 0.627. The van der Waals surface area contributed by atoms with Gasteiger partial charge >= 0.3 is 5.97 Å². The molecule has 0 bridgehead atoms. The Balaban J connectivity index is 1.78. The first-order chi connectivity index (χ1) is 11.5. The number of halogens is 2. The van der Waals surface area contributed by atoms with E-state index in [1.807, 2.05) is 37.3 Å². The minimum Gasteiger partial charge on any atom is -0.452 e. The third-order valence-electron chi connectivity index (χ3n) is 3.34. The summed E-state index contributed by atoms with van der Waals surface area (Å²) in [7, 11) is 0. The Hall–Kier alpha value is -2.11. The zero-order chi connectivity index (χ0) is 17.5. The molecular weight excluding hydrogens is 351 g/mol. The van der Waals surface area contributed by atoms with Crippen LogP contribution in [-0.4, -0.2) is 30.0 Å². The minimum atomic E-state index is -0.688. The Labute approximate surface area is 149 Å². The maximum atomic E-state index is 11.8. The molecule has 2 aromatic rings. The van der Waals surface area contributed by atoms with E-state index in [9.17, 15) is 9.59 Å². The van der Waals surface area contributed by atoms with Crippen LogP contribution in [-0.2, 0) is 9.53 Å². The summed E-state index contributed by atoms with van der Waals surface area (Å²) in [5.74, 6) is -0.906. The fourth-order valence-corrected chi connectivity index (χ4v) is 2.23. The molecular formula is C17H16Cl2N2O3. The standard InChI is InChI=1S/C17H16Cl2N2O3/c1-11(12-5-3-2-4-6-12)8-20-15(22)10-24-17(23)13-7-14(18)16(19)21-9-13/h2-7,9,11H,8,10H2,1H3,(H,20,22)/t11-/m1/s1. The van der Waals surface area contributed by atoms with Crippen LogP contribution < -0.4 is 5.32 Å². The molecule has 0 saturated carbocycles. The molecule has 1 aromatic carbocycles. The molecule has 126 valence electrons. The summed E-state index contributed by atoms with van der Waals surface area (Å²) in [5, 5.41) is 2.97. The highest BCUT2D eigenvalue weighted by molar-refractivity contribution is 6.41. The molecule has 0 aliphatic carbocycles. The molecule has 1 atom stereocenters. The molecule has 7 heteroatoms. The maximum absolute atomic E-state index is 11.8. The third kappa shape index (κ3) is 5.22. The Kier molecular flexibility index (Phi) is 6.58. The van der Waals surface area contributed by atoms with Gasteiger partial charge in [-0.25, -0.2) is 9.78 Å². The van der Waals surface area contributed by atoms with E-state index in [4.69, 9.17) is 27.9 Å². The van der Waals surface area contributed by atoms with Crippen molar-refractivity contribution in [2.75, 3.05) is 13.2 Å². The SMILES string of the molecule is C[C@H](CNC(=O)COC(=O)c1cnc(Cl)c(Cl)c1)c1ccccc1. The number of ether oxygens (including phenoxy) is 1. The van der Waals surface area contributed by atoms with Crippen molar-refractivity contribution >= 4 is 35.1 Å². The molecule has 1 N–H and O–H groups in total. The van der Waals surface area contributed by atoms with Crippen LogP contribution in [0.4, 0.5) is 0 Å². The lowest BCUT2D eigenvalue weighted by atomic mass is 10.0. The predicted molar refractivity (Wildman–Crippen MR) is 92.4 cm³/mol. The van der Waals surface area contributed by atoms with Crippen LogP contribution in [0, 0.1) is 0 Å². The van der Waals surface area contributed by atoms with Gasteiger partial charge in [-0.15, -0.1) is 0 Å². The first kappa shape index (κ1) is 18.2. The number of rotatable bonds is 6. The fraction of sp³-hybridized carbons (Fsp3) is 0.235. The molecule has 2 rings (SSSR count). The topological polar surface area (TPSA) is 68.3 Å². The Bertz CT molecular complexity index is 723. The van der Waals surface area contributed by atoms with Gasteiger partial charge in [0, 0.05) is 12.7 Å². The van der Waals surface area contributed by atoms with E-state index in [-0.39, 0.29) is 34.2 Å². The second-order valence-electron chi connectivity index (χ2n) is 5.19. The van der Waals surface area contributed by atoms with Crippen LogP contribution in [0.5, 0.6) is 0 Å². The second-order valence-corrected chi connectivity index (χ2v) is 5.95. The van der Waals surface area contributed by atoms with Gasteiger partial charge in [0.15, 0.2) is 6.61 Å². The minimum absolute atomic E-state index is 0.0980. The Morgan fingerprint density at radius 1 is 1.25 bits per heavy atom. The van der Waals surface area contributed by atoms with Gasteiger partial charge in [-0.05, 0) is 17.5 Å². The van der Waals surface area contributed by atoms with E-state index >= 15 is 0 Å². The molecule has 0 aliphatic heterocycles. The number of hydrogen-bond acceptors (Lipinski definition) is 4. The zero-order valence-corrected chi connectivity index (χ0v) is 14.5. The number of esters is 1. The van der Waals surface area contributed by atoms with Crippen molar-refractivity contribution in [3.05, 3.63) is 63.9 Å². The smallest absolute Gasteiger partial charge is 0.340 e. The number of aromatic nitrogens is 1. The summed E-state index contributed by atoms with van der Waals surface area (Å²) >= 11 is 11.5. The number of carbonyl (C=O) groups is 2. The molecule has 1 amide bonds. The van der Waals surface area contributed by atoms with Gasteiger partial charge in [-0.1, -0.05) is 60.5 Å². The van der Waals surface area contributed by atoms with Crippen LogP contribution in [0.25, 0.3) is 0 Å². The first-order valence-corrected chi connectivity index (χ1v) is 8.02. The molecule has 0 fully saturated rings. The lowest BCUT2D eigenvalue weighted by Crippen LogP contribution is -2.31. The molecule has 0 spiro atoms. The van der Waals surface area contributed by atoms with Gasteiger partial charge < -0.3 is 10.1 Å². The van der Waals surface area contributed by atoms with Crippen LogP contribution in [0.2, 0.25) is 10.2 Å². The Morgan fingerprint density at radius 2 is 1.96 bits per heavy atom. The average Bonchev–Trinajstić information content (AvgIpc) is 2.60. The van der Waals surface area contributed by atoms with Gasteiger partial charge in [0.1, 0.15) is 5.15 Å². The maximum Gasteiger partial charge on any atom is 0.340 e. The van der Waals surface area contributed by atoms with Crippen LogP contribution in [0.3, 0.4) is 0 Å². The summed E-state index contributed by atoms with van der Waals surface area (Å²) in [6.07, 6.45) is 1.24. The van der Waals surface area contributed by atoms with Gasteiger partial charge in [-0.2, -0.15) is 0 Å². The molecule has 0 saturated heterocycles. The van der Waals surface area contributed by atoms with Gasteiger partial charge in [-0.3, -0.25) is 4.79 Å². The van der Waals surface area contributed by atoms with Crippen molar-refractivity contribution in [1.29, 1.82) is 0 Å². The number of nitrogens with one attached hydrogen (secondary N) is 1. The van der Waals surface area contributed by atoms with Crippen molar-refractivity contribution in [1.82, 2.24) is 10.3 Å². The van der Waals surface area contributed by atoms with Crippen LogP contribution >= 0.6 is 23.2 Å². The number of amides is 1. The van der Waals surface area contributed by atoms with E-state index in [2.05, 4.69) is 10.3 Å². The predicted octanol–water partition coefficient (Wildman–Crippen LogP) is 3.47. The summed E-state index contributed by atoms with van der Waals surface area (Å²) in [4.78, 5) is 27.4. The molecule has 0 unspecified atom stereocenters. The van der Waals surface area contributed by atoms with Crippen molar-refractivity contribution in [3.8, 4) is 0 Å². The Morgan fingerprint density at radius 3 is 2.62 bits per heavy atom. The van der Waals surface area contributed by atoms with Crippen LogP contribution in [0.1, 0.15) is 28.8 Å².